The largest absolute Gasteiger partial charge is 0.469 e. The van der Waals surface area contributed by atoms with Crippen molar-refractivity contribution in [1.29, 1.82) is 0 Å². The molecule has 4 nitrogen and oxygen atoms in total. The van der Waals surface area contributed by atoms with E-state index < -0.39 is 0 Å². The van der Waals surface area contributed by atoms with Crippen LogP contribution in [0.4, 0.5) is 0 Å². The smallest absolute Gasteiger partial charge is 0.305 e. The van der Waals surface area contributed by atoms with Crippen molar-refractivity contribution >= 4 is 5.97 Å². The summed E-state index contributed by atoms with van der Waals surface area (Å²) in [5.74, 6) is -0.150. The minimum Gasteiger partial charge on any atom is -0.469 e. The molecule has 2 aromatic carbocycles. The Balaban J connectivity index is 1.72. The second-order valence-corrected chi connectivity index (χ2v) is 6.57. The molecule has 0 amide bonds. The molecule has 0 aromatic heterocycles. The van der Waals surface area contributed by atoms with Crippen LogP contribution < -0.4 is 0 Å². The van der Waals surface area contributed by atoms with Gasteiger partial charge >= 0.3 is 5.97 Å². The molecule has 146 valence electrons. The molecule has 2 rings (SSSR count). The molecule has 1 atom stereocenters. The van der Waals surface area contributed by atoms with Crippen LogP contribution in [0.3, 0.4) is 0 Å². The summed E-state index contributed by atoms with van der Waals surface area (Å²) < 4.78 is 16.6. The average molecular weight is 370 g/mol. The number of rotatable bonds is 13. The molecule has 0 aliphatic rings. The minimum atomic E-state index is -0.150. The van der Waals surface area contributed by atoms with E-state index in [1.807, 2.05) is 36.4 Å². The van der Waals surface area contributed by atoms with E-state index in [1.165, 1.54) is 18.2 Å². The molecule has 0 N–H and O–H groups in total. The fraction of sp³-hybridized carbons (Fsp3) is 0.435. The summed E-state index contributed by atoms with van der Waals surface area (Å²) in [6.07, 6.45) is 4.11. The van der Waals surface area contributed by atoms with Gasteiger partial charge in [0, 0.05) is 13.0 Å². The highest BCUT2D eigenvalue weighted by Gasteiger charge is 2.11. The third-order valence-corrected chi connectivity index (χ3v) is 4.41. The molecule has 27 heavy (non-hydrogen) atoms. The van der Waals surface area contributed by atoms with Crippen molar-refractivity contribution in [3.05, 3.63) is 71.8 Å². The predicted octanol–water partition coefficient (Wildman–Crippen LogP) is 4.91. The van der Waals surface area contributed by atoms with E-state index in [4.69, 9.17) is 14.2 Å². The SMILES string of the molecule is COC(=O)CCCC[C@@H](CCOCc1ccccc1)OCc1ccccc1. The lowest BCUT2D eigenvalue weighted by molar-refractivity contribution is -0.140. The van der Waals surface area contributed by atoms with Gasteiger partial charge in [-0.1, -0.05) is 67.1 Å². The van der Waals surface area contributed by atoms with Crippen molar-refractivity contribution in [2.75, 3.05) is 13.7 Å². The van der Waals surface area contributed by atoms with Crippen molar-refractivity contribution in [1.82, 2.24) is 0 Å². The normalized spacial score (nSPS) is 11.9. The third-order valence-electron chi connectivity index (χ3n) is 4.41. The zero-order chi connectivity index (χ0) is 19.2. The van der Waals surface area contributed by atoms with Gasteiger partial charge in [0.25, 0.3) is 0 Å². The third kappa shape index (κ3) is 9.36. The maximum absolute atomic E-state index is 11.2. The van der Waals surface area contributed by atoms with Crippen molar-refractivity contribution in [2.45, 2.75) is 51.4 Å². The number of unbranched alkanes of at least 4 members (excludes halogenated alkanes) is 1. The van der Waals surface area contributed by atoms with E-state index >= 15 is 0 Å². The standard InChI is InChI=1S/C23H30O4/c1-25-23(24)15-9-8-14-22(27-19-21-12-6-3-7-13-21)16-17-26-18-20-10-4-2-5-11-20/h2-7,10-13,22H,8-9,14-19H2,1H3/t22-/m0/s1. The lowest BCUT2D eigenvalue weighted by Crippen LogP contribution is -2.16. The quantitative estimate of drug-likeness (QED) is 0.371. The molecule has 0 aliphatic heterocycles. The molecule has 0 radical (unpaired) electrons. The monoisotopic (exact) mass is 370 g/mol. The minimum absolute atomic E-state index is 0.124. The number of esters is 1. The fourth-order valence-corrected chi connectivity index (χ4v) is 2.82. The van der Waals surface area contributed by atoms with Gasteiger partial charge in [-0.25, -0.2) is 0 Å². The Morgan fingerprint density at radius 3 is 2.11 bits per heavy atom. The molecular weight excluding hydrogens is 340 g/mol. The van der Waals surface area contributed by atoms with Gasteiger partial charge in [-0.3, -0.25) is 4.79 Å². The van der Waals surface area contributed by atoms with Crippen LogP contribution in [0.1, 0.15) is 43.2 Å². The predicted molar refractivity (Wildman–Crippen MR) is 106 cm³/mol. The first-order chi connectivity index (χ1) is 13.3. The summed E-state index contributed by atoms with van der Waals surface area (Å²) in [4.78, 5) is 11.2. The molecular formula is C23H30O4. The summed E-state index contributed by atoms with van der Waals surface area (Å²) in [5, 5.41) is 0. The summed E-state index contributed by atoms with van der Waals surface area (Å²) >= 11 is 0. The van der Waals surface area contributed by atoms with E-state index in [0.29, 0.717) is 26.2 Å². The first-order valence-corrected chi connectivity index (χ1v) is 9.62. The van der Waals surface area contributed by atoms with Crippen LogP contribution in [0.15, 0.2) is 60.7 Å². The van der Waals surface area contributed by atoms with Crippen molar-refractivity contribution in [3.8, 4) is 0 Å². The zero-order valence-corrected chi connectivity index (χ0v) is 16.1. The molecule has 0 saturated carbocycles. The van der Waals surface area contributed by atoms with Gasteiger partial charge in [0.05, 0.1) is 26.4 Å². The number of benzene rings is 2. The van der Waals surface area contributed by atoms with E-state index in [-0.39, 0.29) is 12.1 Å². The molecule has 4 heteroatoms. The Hall–Kier alpha value is -2.17. The Morgan fingerprint density at radius 2 is 1.48 bits per heavy atom. The second kappa shape index (κ2) is 13.1. The van der Waals surface area contributed by atoms with Gasteiger partial charge in [0.15, 0.2) is 0 Å². The van der Waals surface area contributed by atoms with Crippen LogP contribution in [0, 0.1) is 0 Å². The molecule has 2 aromatic rings. The van der Waals surface area contributed by atoms with Crippen LogP contribution >= 0.6 is 0 Å². The van der Waals surface area contributed by atoms with Crippen molar-refractivity contribution in [2.24, 2.45) is 0 Å². The van der Waals surface area contributed by atoms with Crippen molar-refractivity contribution in [3.63, 3.8) is 0 Å². The topological polar surface area (TPSA) is 44.8 Å². The number of hydrogen-bond acceptors (Lipinski definition) is 4. The van der Waals surface area contributed by atoms with Crippen LogP contribution in [0.25, 0.3) is 0 Å². The maximum Gasteiger partial charge on any atom is 0.305 e. The second-order valence-electron chi connectivity index (χ2n) is 6.57. The van der Waals surface area contributed by atoms with E-state index in [9.17, 15) is 4.79 Å². The van der Waals surface area contributed by atoms with Gasteiger partial charge in [-0.05, 0) is 30.4 Å². The first-order valence-electron chi connectivity index (χ1n) is 9.62. The molecule has 0 saturated heterocycles. The Labute approximate surface area is 162 Å². The highest BCUT2D eigenvalue weighted by molar-refractivity contribution is 5.68. The molecule has 0 spiro atoms. The summed E-state index contributed by atoms with van der Waals surface area (Å²) in [5.41, 5.74) is 2.35. The van der Waals surface area contributed by atoms with Crippen LogP contribution in [-0.2, 0) is 32.2 Å². The molecule has 0 bridgehead atoms. The Bertz CT molecular complexity index is 627. The van der Waals surface area contributed by atoms with Gasteiger partial charge in [0.1, 0.15) is 0 Å². The lowest BCUT2D eigenvalue weighted by Gasteiger charge is -2.18. The van der Waals surface area contributed by atoms with Gasteiger partial charge in [-0.15, -0.1) is 0 Å². The molecule has 0 fully saturated rings. The maximum atomic E-state index is 11.2. The summed E-state index contributed by atoms with van der Waals surface area (Å²) in [7, 11) is 1.43. The lowest BCUT2D eigenvalue weighted by atomic mass is 10.1. The van der Waals surface area contributed by atoms with E-state index in [1.54, 1.807) is 0 Å². The van der Waals surface area contributed by atoms with Crippen molar-refractivity contribution < 1.29 is 19.0 Å². The number of carbonyl (C=O) groups is 1. The highest BCUT2D eigenvalue weighted by atomic mass is 16.5. The van der Waals surface area contributed by atoms with Crippen LogP contribution in [0.5, 0.6) is 0 Å². The summed E-state index contributed by atoms with van der Waals surface area (Å²) in [6.45, 7) is 1.88. The first kappa shape index (κ1) is 21.1. The number of ether oxygens (including phenoxy) is 3. The Morgan fingerprint density at radius 1 is 0.852 bits per heavy atom. The van der Waals surface area contributed by atoms with E-state index in [2.05, 4.69) is 24.3 Å². The highest BCUT2D eigenvalue weighted by Crippen LogP contribution is 2.14. The number of hydrogen-bond donors (Lipinski definition) is 0. The van der Waals surface area contributed by atoms with Gasteiger partial charge < -0.3 is 14.2 Å². The molecule has 0 heterocycles. The molecule has 0 aliphatic carbocycles. The fourth-order valence-electron chi connectivity index (χ4n) is 2.82. The zero-order valence-electron chi connectivity index (χ0n) is 16.1. The molecule has 0 unspecified atom stereocenters. The Kier molecular flexibility index (Phi) is 10.2. The van der Waals surface area contributed by atoms with Gasteiger partial charge in [0.2, 0.25) is 0 Å². The summed E-state index contributed by atoms with van der Waals surface area (Å²) in [6, 6.07) is 20.4. The van der Waals surface area contributed by atoms with Crippen LogP contribution in [0.2, 0.25) is 0 Å². The van der Waals surface area contributed by atoms with E-state index in [0.717, 1.165) is 25.7 Å². The number of methoxy groups -OCH3 is 1. The van der Waals surface area contributed by atoms with Gasteiger partial charge in [-0.2, -0.15) is 0 Å². The average Bonchev–Trinajstić information content (AvgIpc) is 2.73. The van der Waals surface area contributed by atoms with Crippen LogP contribution in [-0.4, -0.2) is 25.8 Å². The number of carbonyl (C=O) groups excluding carboxylic acids is 1.